The molecule has 0 saturated heterocycles. The van der Waals surface area contributed by atoms with Gasteiger partial charge in [-0.25, -0.2) is 0 Å². The highest BCUT2D eigenvalue weighted by molar-refractivity contribution is 6.26. The summed E-state index contributed by atoms with van der Waals surface area (Å²) < 4.78 is 5.68. The Bertz CT molecular complexity index is 791. The van der Waals surface area contributed by atoms with Gasteiger partial charge in [0.1, 0.15) is 0 Å². The van der Waals surface area contributed by atoms with Gasteiger partial charge in [0.15, 0.2) is 22.9 Å². The fraction of sp³-hybridized carbons (Fsp3) is 0.375. The molecule has 1 aliphatic heterocycles. The molecule has 3 rings (SSSR count). The summed E-state index contributed by atoms with van der Waals surface area (Å²) in [6, 6.07) is 0. The number of phenolic OH excluding ortho intramolecular Hbond substituents is 2. The fourth-order valence-electron chi connectivity index (χ4n) is 3.14. The molecule has 3 N–H and O–H groups in total. The van der Waals surface area contributed by atoms with E-state index in [1.807, 2.05) is 0 Å². The maximum Gasteiger partial charge on any atom is 0.233 e. The largest absolute Gasteiger partial charge is 0.504 e. The van der Waals surface area contributed by atoms with E-state index in [2.05, 4.69) is 0 Å². The molecular weight excluding hydrogens is 288 g/mol. The van der Waals surface area contributed by atoms with Crippen LogP contribution in [-0.2, 0) is 4.79 Å². The molecule has 6 heteroatoms. The minimum atomic E-state index is -2.36. The Kier molecular flexibility index (Phi) is 2.58. The van der Waals surface area contributed by atoms with E-state index in [0.29, 0.717) is 11.1 Å². The lowest BCUT2D eigenvalue weighted by atomic mass is 9.74. The molecule has 0 saturated carbocycles. The minimum Gasteiger partial charge on any atom is -0.504 e. The first-order chi connectivity index (χ1) is 10.1. The van der Waals surface area contributed by atoms with E-state index in [1.54, 1.807) is 13.8 Å². The predicted molar refractivity (Wildman–Crippen MR) is 76.3 cm³/mol. The van der Waals surface area contributed by atoms with Crippen molar-refractivity contribution in [2.24, 2.45) is 0 Å². The Morgan fingerprint density at radius 1 is 1.05 bits per heavy atom. The summed E-state index contributed by atoms with van der Waals surface area (Å²) >= 11 is 0. The Labute approximate surface area is 126 Å². The number of Topliss-reactive ketones (excluding diaryl/α,β-unsaturated/α-hetero) is 1. The molecule has 0 fully saturated rings. The molecule has 116 valence electrons. The predicted octanol–water partition coefficient (Wildman–Crippen LogP) is 1.31. The van der Waals surface area contributed by atoms with E-state index in [9.17, 15) is 24.9 Å². The molecule has 1 aromatic carbocycles. The van der Waals surface area contributed by atoms with Crippen molar-refractivity contribution in [3.05, 3.63) is 28.3 Å². The normalized spacial score (nSPS) is 29.8. The lowest BCUT2D eigenvalue weighted by molar-refractivity contribution is -0.140. The second-order valence-electron chi connectivity index (χ2n) is 6.02. The smallest absolute Gasteiger partial charge is 0.233 e. The zero-order chi connectivity index (χ0) is 16.6. The first-order valence-corrected chi connectivity index (χ1v) is 6.81. The number of ketones is 2. The second kappa shape index (κ2) is 3.89. The molecule has 1 aromatic rings. The van der Waals surface area contributed by atoms with Crippen LogP contribution in [0.5, 0.6) is 17.2 Å². The lowest BCUT2D eigenvalue weighted by Crippen LogP contribution is -2.64. The van der Waals surface area contributed by atoms with Crippen LogP contribution < -0.4 is 4.74 Å². The summed E-state index contributed by atoms with van der Waals surface area (Å²) in [4.78, 5) is 25.0. The van der Waals surface area contributed by atoms with Crippen molar-refractivity contribution in [1.29, 1.82) is 0 Å². The molecule has 0 amide bonds. The van der Waals surface area contributed by atoms with E-state index in [0.717, 1.165) is 0 Å². The average molecular weight is 304 g/mol. The van der Waals surface area contributed by atoms with Crippen LogP contribution >= 0.6 is 0 Å². The van der Waals surface area contributed by atoms with Crippen molar-refractivity contribution in [2.75, 3.05) is 0 Å². The summed E-state index contributed by atoms with van der Waals surface area (Å²) in [7, 11) is 0. The molecule has 22 heavy (non-hydrogen) atoms. The highest BCUT2D eigenvalue weighted by atomic mass is 16.5. The average Bonchev–Trinajstić information content (AvgIpc) is 2.64. The van der Waals surface area contributed by atoms with Crippen molar-refractivity contribution >= 4 is 11.6 Å². The topological polar surface area (TPSA) is 104 Å². The zero-order valence-electron chi connectivity index (χ0n) is 12.6. The molecule has 0 spiro atoms. The number of phenols is 2. The number of aromatic hydroxyl groups is 2. The Balaban J connectivity index is 2.40. The molecule has 1 heterocycles. The van der Waals surface area contributed by atoms with Crippen LogP contribution in [-0.4, -0.2) is 38.1 Å². The molecule has 0 unspecified atom stereocenters. The van der Waals surface area contributed by atoms with Gasteiger partial charge in [-0.05, 0) is 50.5 Å². The number of rotatable bonds is 0. The van der Waals surface area contributed by atoms with Crippen LogP contribution in [0.2, 0.25) is 0 Å². The molecule has 0 bridgehead atoms. The van der Waals surface area contributed by atoms with Gasteiger partial charge in [-0.1, -0.05) is 0 Å². The van der Waals surface area contributed by atoms with Crippen molar-refractivity contribution < 1.29 is 29.6 Å². The van der Waals surface area contributed by atoms with E-state index in [4.69, 9.17) is 4.74 Å². The second-order valence-corrected chi connectivity index (χ2v) is 6.02. The van der Waals surface area contributed by atoms with Gasteiger partial charge in [0.05, 0.1) is 5.56 Å². The van der Waals surface area contributed by atoms with Gasteiger partial charge in [-0.3, -0.25) is 9.59 Å². The zero-order valence-corrected chi connectivity index (χ0v) is 12.6. The molecule has 1 aliphatic carbocycles. The summed E-state index contributed by atoms with van der Waals surface area (Å²) in [6.45, 7) is 6.05. The number of hydrogen-bond donors (Lipinski definition) is 3. The van der Waals surface area contributed by atoms with Crippen molar-refractivity contribution in [3.8, 4) is 17.2 Å². The fourth-order valence-corrected chi connectivity index (χ4v) is 3.14. The number of carbonyl (C=O) groups is 2. The lowest BCUT2D eigenvalue weighted by Gasteiger charge is -2.43. The molecular formula is C16H16O6. The molecule has 0 aromatic heterocycles. The molecule has 2 atom stereocenters. The number of benzene rings is 1. The summed E-state index contributed by atoms with van der Waals surface area (Å²) in [6.07, 6.45) is 1.17. The van der Waals surface area contributed by atoms with Crippen LogP contribution in [0.25, 0.3) is 0 Å². The standard InChI is InChI=1S/C16H16O6/c1-6-5-9(17)16(21)14(20)10-7(2)8(3)11(18)12(19)13(10)22-15(6,16)4/h5,18-19,21H,1-4H3/t15-,16+/m0/s1. The van der Waals surface area contributed by atoms with Crippen LogP contribution in [0.4, 0.5) is 0 Å². The third kappa shape index (κ3) is 1.29. The molecule has 6 nitrogen and oxygen atoms in total. The first kappa shape index (κ1) is 14.6. The number of carbonyl (C=O) groups excluding carboxylic acids is 2. The number of ether oxygens (including phenoxy) is 1. The number of aliphatic hydroxyl groups is 1. The van der Waals surface area contributed by atoms with Gasteiger partial charge in [0.2, 0.25) is 17.1 Å². The SMILES string of the molecule is CC1=CC(=O)[C@@]2(O)C(=O)c3c(C)c(C)c(O)c(O)c3O[C@@]12C. The van der Waals surface area contributed by atoms with Crippen LogP contribution in [0, 0.1) is 13.8 Å². The van der Waals surface area contributed by atoms with E-state index < -0.39 is 28.5 Å². The van der Waals surface area contributed by atoms with Crippen LogP contribution in [0.15, 0.2) is 11.6 Å². The minimum absolute atomic E-state index is 0.0794. The van der Waals surface area contributed by atoms with Crippen molar-refractivity contribution in [1.82, 2.24) is 0 Å². The van der Waals surface area contributed by atoms with Crippen LogP contribution in [0.1, 0.15) is 35.3 Å². The van der Waals surface area contributed by atoms with Crippen molar-refractivity contribution in [2.45, 2.75) is 38.9 Å². The van der Waals surface area contributed by atoms with Gasteiger partial charge in [0.25, 0.3) is 0 Å². The van der Waals surface area contributed by atoms with E-state index >= 15 is 0 Å². The monoisotopic (exact) mass is 304 g/mol. The first-order valence-electron chi connectivity index (χ1n) is 6.81. The van der Waals surface area contributed by atoms with Crippen LogP contribution in [0.3, 0.4) is 0 Å². The Morgan fingerprint density at radius 3 is 2.23 bits per heavy atom. The third-order valence-electron chi connectivity index (χ3n) is 4.97. The third-order valence-corrected chi connectivity index (χ3v) is 4.97. The summed E-state index contributed by atoms with van der Waals surface area (Å²) in [5.41, 5.74) is -3.04. The number of hydrogen-bond acceptors (Lipinski definition) is 6. The van der Waals surface area contributed by atoms with Gasteiger partial charge >= 0.3 is 0 Å². The summed E-state index contributed by atoms with van der Waals surface area (Å²) in [5, 5.41) is 30.9. The van der Waals surface area contributed by atoms with Gasteiger partial charge in [0, 0.05) is 0 Å². The van der Waals surface area contributed by atoms with Crippen molar-refractivity contribution in [3.63, 3.8) is 0 Å². The summed E-state index contributed by atoms with van der Waals surface area (Å²) in [5.74, 6) is -2.73. The van der Waals surface area contributed by atoms with Gasteiger partial charge < -0.3 is 20.1 Å². The highest BCUT2D eigenvalue weighted by Gasteiger charge is 2.67. The quantitative estimate of drug-likeness (QED) is 0.493. The van der Waals surface area contributed by atoms with E-state index in [-0.39, 0.29) is 22.6 Å². The maximum absolute atomic E-state index is 12.8. The van der Waals surface area contributed by atoms with Gasteiger partial charge in [-0.15, -0.1) is 0 Å². The molecule has 0 radical (unpaired) electrons. The Hall–Kier alpha value is -2.34. The number of fused-ring (bicyclic) bond motifs is 2. The highest BCUT2D eigenvalue weighted by Crippen LogP contribution is 2.54. The van der Waals surface area contributed by atoms with Gasteiger partial charge in [-0.2, -0.15) is 0 Å². The maximum atomic E-state index is 12.8. The Morgan fingerprint density at radius 2 is 1.64 bits per heavy atom. The van der Waals surface area contributed by atoms with E-state index in [1.165, 1.54) is 19.9 Å². The molecule has 2 aliphatic rings.